The molecule has 2 rings (SSSR count). The van der Waals surface area contributed by atoms with Gasteiger partial charge in [-0.15, -0.1) is 0 Å². The number of carbonyl (C=O) groups is 2. The summed E-state index contributed by atoms with van der Waals surface area (Å²) >= 11 is 0. The van der Waals surface area contributed by atoms with E-state index in [9.17, 15) is 14.7 Å². The molecule has 25 heavy (non-hydrogen) atoms. The van der Waals surface area contributed by atoms with Crippen LogP contribution in [0.1, 0.15) is 24.9 Å². The summed E-state index contributed by atoms with van der Waals surface area (Å²) in [5, 5.41) is 13.9. The van der Waals surface area contributed by atoms with Gasteiger partial charge in [-0.1, -0.05) is 42.5 Å². The van der Waals surface area contributed by atoms with E-state index in [-0.39, 0.29) is 18.9 Å². The van der Waals surface area contributed by atoms with Crippen molar-refractivity contribution in [3.05, 3.63) is 48.0 Å². The van der Waals surface area contributed by atoms with Gasteiger partial charge in [-0.3, -0.25) is 9.59 Å². The predicted molar refractivity (Wildman–Crippen MR) is 94.4 cm³/mol. The first kappa shape index (κ1) is 18.9. The molecule has 0 aliphatic carbocycles. The molecule has 0 unspecified atom stereocenters. The predicted octanol–water partition coefficient (Wildman–Crippen LogP) is 2.52. The van der Waals surface area contributed by atoms with Gasteiger partial charge < -0.3 is 19.9 Å². The summed E-state index contributed by atoms with van der Waals surface area (Å²) in [5.41, 5.74) is 0.781. The minimum absolute atomic E-state index is 0.131. The third kappa shape index (κ3) is 5.85. The summed E-state index contributed by atoms with van der Waals surface area (Å²) in [6.45, 7) is 3.09. The fourth-order valence-corrected chi connectivity index (χ4v) is 2.63. The Morgan fingerprint density at radius 3 is 2.56 bits per heavy atom. The number of benzene rings is 2. The summed E-state index contributed by atoms with van der Waals surface area (Å²) in [6.07, 6.45) is -0.196. The van der Waals surface area contributed by atoms with Gasteiger partial charge in [0.25, 0.3) is 0 Å². The Morgan fingerprint density at radius 2 is 1.80 bits per heavy atom. The van der Waals surface area contributed by atoms with Crippen molar-refractivity contribution in [2.75, 3.05) is 26.4 Å². The molecule has 0 bridgehead atoms. The highest BCUT2D eigenvalue weighted by Crippen LogP contribution is 2.26. The van der Waals surface area contributed by atoms with Crippen LogP contribution in [0.5, 0.6) is 0 Å². The normalized spacial score (nSPS) is 12.0. The zero-order chi connectivity index (χ0) is 18.1. The first-order valence-corrected chi connectivity index (χ1v) is 8.26. The van der Waals surface area contributed by atoms with Gasteiger partial charge in [-0.25, -0.2) is 0 Å². The monoisotopic (exact) mass is 345 g/mol. The van der Waals surface area contributed by atoms with Crippen molar-refractivity contribution in [1.82, 2.24) is 5.32 Å². The lowest BCUT2D eigenvalue weighted by molar-refractivity contribution is -0.138. The Balaban J connectivity index is 2.08. The van der Waals surface area contributed by atoms with Crippen LogP contribution in [-0.2, 0) is 19.1 Å². The van der Waals surface area contributed by atoms with Crippen molar-refractivity contribution in [1.29, 1.82) is 0 Å². The number of rotatable bonds is 10. The van der Waals surface area contributed by atoms with Crippen LogP contribution < -0.4 is 5.32 Å². The van der Waals surface area contributed by atoms with Gasteiger partial charge in [0, 0.05) is 6.61 Å². The van der Waals surface area contributed by atoms with Gasteiger partial charge in [0.15, 0.2) is 0 Å². The number of carbonyl (C=O) groups excluding carboxylic acids is 1. The molecule has 0 saturated heterocycles. The largest absolute Gasteiger partial charge is 0.481 e. The van der Waals surface area contributed by atoms with E-state index in [1.54, 1.807) is 0 Å². The molecule has 1 amide bonds. The number of carboxylic acids is 1. The molecule has 134 valence electrons. The second-order valence-electron chi connectivity index (χ2n) is 5.54. The fraction of sp³-hybridized carbons (Fsp3) is 0.368. The molecule has 0 fully saturated rings. The second-order valence-corrected chi connectivity index (χ2v) is 5.54. The average molecular weight is 345 g/mol. The van der Waals surface area contributed by atoms with Crippen LogP contribution >= 0.6 is 0 Å². The Kier molecular flexibility index (Phi) is 7.37. The number of hydrogen-bond acceptors (Lipinski definition) is 4. The van der Waals surface area contributed by atoms with Crippen molar-refractivity contribution < 1.29 is 24.2 Å². The number of amides is 1. The molecule has 0 aromatic heterocycles. The topological polar surface area (TPSA) is 84.9 Å². The van der Waals surface area contributed by atoms with Crippen molar-refractivity contribution in [3.8, 4) is 0 Å². The third-order valence-corrected chi connectivity index (χ3v) is 3.72. The van der Waals surface area contributed by atoms with Crippen molar-refractivity contribution in [3.63, 3.8) is 0 Å². The highest BCUT2D eigenvalue weighted by Gasteiger charge is 2.20. The van der Waals surface area contributed by atoms with E-state index < -0.39 is 12.0 Å². The van der Waals surface area contributed by atoms with Gasteiger partial charge in [0.1, 0.15) is 6.61 Å². The lowest BCUT2D eigenvalue weighted by Crippen LogP contribution is -2.33. The van der Waals surface area contributed by atoms with Crippen LogP contribution in [0, 0.1) is 0 Å². The number of hydrogen-bond donors (Lipinski definition) is 2. The van der Waals surface area contributed by atoms with Crippen molar-refractivity contribution >= 4 is 22.6 Å². The summed E-state index contributed by atoms with van der Waals surface area (Å²) in [4.78, 5) is 23.3. The first-order chi connectivity index (χ1) is 12.1. The molecule has 2 aromatic carbocycles. The van der Waals surface area contributed by atoms with Gasteiger partial charge in [0.2, 0.25) is 5.91 Å². The minimum atomic E-state index is -0.976. The van der Waals surface area contributed by atoms with Crippen LogP contribution in [0.15, 0.2) is 42.5 Å². The van der Waals surface area contributed by atoms with Gasteiger partial charge >= 0.3 is 5.97 Å². The molecule has 0 radical (unpaired) electrons. The Labute approximate surface area is 146 Å². The van der Waals surface area contributed by atoms with Gasteiger partial charge in [-0.05, 0) is 23.3 Å². The zero-order valence-corrected chi connectivity index (χ0v) is 14.2. The third-order valence-electron chi connectivity index (χ3n) is 3.72. The Morgan fingerprint density at radius 1 is 1.08 bits per heavy atom. The fourth-order valence-electron chi connectivity index (χ4n) is 2.63. The maximum Gasteiger partial charge on any atom is 0.305 e. The molecule has 2 aromatic rings. The van der Waals surface area contributed by atoms with E-state index >= 15 is 0 Å². The molecule has 0 heterocycles. The molecule has 0 spiro atoms. The molecular formula is C19H23NO5. The number of carboxylic acid groups (broad SMARTS) is 1. The Bertz CT molecular complexity index is 711. The van der Waals surface area contributed by atoms with E-state index in [0.717, 1.165) is 16.3 Å². The standard InChI is InChI=1S/C19H23NO5/c1-2-24-10-11-25-13-18(21)20-17(12-19(22)23)16-9-5-7-14-6-3-4-8-15(14)16/h3-9,17H,2,10-13H2,1H3,(H,20,21)(H,22,23)/t17-/m1/s1. The molecule has 0 saturated carbocycles. The lowest BCUT2D eigenvalue weighted by Gasteiger charge is -2.19. The van der Waals surface area contributed by atoms with Gasteiger partial charge in [-0.2, -0.15) is 0 Å². The van der Waals surface area contributed by atoms with Crippen LogP contribution in [-0.4, -0.2) is 43.4 Å². The van der Waals surface area contributed by atoms with Crippen LogP contribution in [0.4, 0.5) is 0 Å². The van der Waals surface area contributed by atoms with Crippen molar-refractivity contribution in [2.45, 2.75) is 19.4 Å². The van der Waals surface area contributed by atoms with Crippen LogP contribution in [0.3, 0.4) is 0 Å². The Hall–Kier alpha value is -2.44. The highest BCUT2D eigenvalue weighted by atomic mass is 16.5. The molecule has 2 N–H and O–H groups in total. The number of ether oxygens (including phenoxy) is 2. The molecule has 6 heteroatoms. The zero-order valence-electron chi connectivity index (χ0n) is 14.2. The van der Waals surface area contributed by atoms with E-state index in [2.05, 4.69) is 5.32 Å². The average Bonchev–Trinajstić information content (AvgIpc) is 2.60. The number of nitrogens with one attached hydrogen (secondary N) is 1. The number of fused-ring (bicyclic) bond motifs is 1. The van der Waals surface area contributed by atoms with Crippen molar-refractivity contribution in [2.24, 2.45) is 0 Å². The minimum Gasteiger partial charge on any atom is -0.481 e. The molecule has 6 nitrogen and oxygen atoms in total. The second kappa shape index (κ2) is 9.76. The van der Waals surface area contributed by atoms with E-state index in [4.69, 9.17) is 9.47 Å². The first-order valence-electron chi connectivity index (χ1n) is 8.26. The SMILES string of the molecule is CCOCCOCC(=O)N[C@H](CC(=O)O)c1cccc2ccccc12. The van der Waals surface area contributed by atoms with E-state index in [1.807, 2.05) is 49.4 Å². The molecule has 0 aliphatic heterocycles. The van der Waals surface area contributed by atoms with E-state index in [0.29, 0.717) is 19.8 Å². The summed E-state index contributed by atoms with van der Waals surface area (Å²) in [7, 11) is 0. The molecule has 1 atom stereocenters. The van der Waals surface area contributed by atoms with E-state index in [1.165, 1.54) is 0 Å². The summed E-state index contributed by atoms with van der Waals surface area (Å²) < 4.78 is 10.4. The molecule has 0 aliphatic rings. The quantitative estimate of drug-likeness (QED) is 0.646. The maximum atomic E-state index is 12.1. The maximum absolute atomic E-state index is 12.1. The smallest absolute Gasteiger partial charge is 0.305 e. The number of aliphatic carboxylic acids is 1. The van der Waals surface area contributed by atoms with Crippen LogP contribution in [0.25, 0.3) is 10.8 Å². The summed E-state index contributed by atoms with van der Waals surface area (Å²) in [6, 6.07) is 12.7. The van der Waals surface area contributed by atoms with Crippen LogP contribution in [0.2, 0.25) is 0 Å². The molecular weight excluding hydrogens is 322 g/mol. The highest BCUT2D eigenvalue weighted by molar-refractivity contribution is 5.87. The summed E-state index contributed by atoms with van der Waals surface area (Å²) in [5.74, 6) is -1.33. The van der Waals surface area contributed by atoms with Gasteiger partial charge in [0.05, 0.1) is 25.7 Å². The lowest BCUT2D eigenvalue weighted by atomic mass is 9.96.